The van der Waals surface area contributed by atoms with Crippen molar-refractivity contribution < 1.29 is 14.7 Å². The van der Waals surface area contributed by atoms with Crippen molar-refractivity contribution >= 4 is 39.1 Å². The number of hydrogen-bond acceptors (Lipinski definition) is 3. The molecule has 1 N–H and O–H groups in total. The molecule has 0 aromatic carbocycles. The third kappa shape index (κ3) is 3.31. The van der Waals surface area contributed by atoms with Crippen molar-refractivity contribution in [2.24, 2.45) is 5.92 Å². The molecule has 0 aliphatic carbocycles. The number of likely N-dealkylation sites (tertiary alicyclic amines) is 1. The molecule has 2 unspecified atom stereocenters. The minimum absolute atomic E-state index is 0.0385. The molecule has 0 spiro atoms. The lowest BCUT2D eigenvalue weighted by atomic mass is 9.90. The van der Waals surface area contributed by atoms with E-state index in [9.17, 15) is 14.7 Å². The van der Waals surface area contributed by atoms with E-state index in [1.165, 1.54) is 11.3 Å². The lowest BCUT2D eigenvalue weighted by molar-refractivity contribution is -0.148. The lowest BCUT2D eigenvalue weighted by Gasteiger charge is -2.42. The Kier molecular flexibility index (Phi) is 4.78. The van der Waals surface area contributed by atoms with E-state index in [4.69, 9.17) is 0 Å². The summed E-state index contributed by atoms with van der Waals surface area (Å²) >= 11 is 5.00. The fraction of sp³-hybridized carbons (Fsp3) is 0.600. The first-order valence-corrected chi connectivity index (χ1v) is 8.68. The van der Waals surface area contributed by atoms with Crippen LogP contribution in [-0.2, 0) is 9.59 Å². The molecule has 4 nitrogen and oxygen atoms in total. The summed E-state index contributed by atoms with van der Waals surface area (Å²) in [5.41, 5.74) is -0.413. The largest absolute Gasteiger partial charge is 0.481 e. The molecule has 0 bridgehead atoms. The van der Waals surface area contributed by atoms with Crippen molar-refractivity contribution in [2.75, 3.05) is 0 Å². The summed E-state index contributed by atoms with van der Waals surface area (Å²) in [5.74, 6) is -1.36. The standard InChI is InChI=1S/C15H20BrNO3S/c1-15(2,3)17-11(18)6-4-5-9(14(19)20)12(17)13-10(16)7-8-21-13/h7-9,12H,4-6H2,1-3H3,(H,19,20). The van der Waals surface area contributed by atoms with Gasteiger partial charge in [0.1, 0.15) is 0 Å². The lowest BCUT2D eigenvalue weighted by Crippen LogP contribution is -2.49. The van der Waals surface area contributed by atoms with Crippen molar-refractivity contribution in [3.8, 4) is 0 Å². The Bertz CT molecular complexity index is 549. The number of halogens is 1. The van der Waals surface area contributed by atoms with Crippen LogP contribution in [0.4, 0.5) is 0 Å². The van der Waals surface area contributed by atoms with Crippen LogP contribution >= 0.6 is 27.3 Å². The van der Waals surface area contributed by atoms with Crippen LogP contribution in [0, 0.1) is 5.92 Å². The fourth-order valence-electron chi connectivity index (χ4n) is 2.95. The monoisotopic (exact) mass is 373 g/mol. The second kappa shape index (κ2) is 6.08. The van der Waals surface area contributed by atoms with E-state index in [0.29, 0.717) is 19.3 Å². The molecule has 1 fully saturated rings. The van der Waals surface area contributed by atoms with E-state index in [1.54, 1.807) is 4.90 Å². The summed E-state index contributed by atoms with van der Waals surface area (Å²) in [5, 5.41) is 11.6. The quantitative estimate of drug-likeness (QED) is 0.849. The van der Waals surface area contributed by atoms with E-state index >= 15 is 0 Å². The zero-order valence-corrected chi connectivity index (χ0v) is 14.8. The van der Waals surface area contributed by atoms with Gasteiger partial charge in [-0.25, -0.2) is 0 Å². The number of rotatable bonds is 2. The maximum Gasteiger partial charge on any atom is 0.308 e. The third-order valence-corrected chi connectivity index (χ3v) is 5.73. The zero-order valence-electron chi connectivity index (χ0n) is 12.4. The van der Waals surface area contributed by atoms with E-state index in [2.05, 4.69) is 15.9 Å². The molecule has 0 radical (unpaired) electrons. The van der Waals surface area contributed by atoms with Crippen molar-refractivity contribution in [1.29, 1.82) is 0 Å². The van der Waals surface area contributed by atoms with Gasteiger partial charge in [0, 0.05) is 21.3 Å². The highest BCUT2D eigenvalue weighted by atomic mass is 79.9. The van der Waals surface area contributed by atoms with Crippen LogP contribution in [0.1, 0.15) is 51.0 Å². The van der Waals surface area contributed by atoms with Gasteiger partial charge in [0.25, 0.3) is 0 Å². The molecule has 2 rings (SSSR count). The molecule has 6 heteroatoms. The van der Waals surface area contributed by atoms with Gasteiger partial charge in [-0.2, -0.15) is 0 Å². The van der Waals surface area contributed by atoms with E-state index in [0.717, 1.165) is 9.35 Å². The summed E-state index contributed by atoms with van der Waals surface area (Å²) in [6.07, 6.45) is 1.57. The van der Waals surface area contributed by atoms with Crippen LogP contribution in [0.25, 0.3) is 0 Å². The predicted molar refractivity (Wildman–Crippen MR) is 86.3 cm³/mol. The second-order valence-corrected chi connectivity index (χ2v) is 8.15. The highest BCUT2D eigenvalue weighted by molar-refractivity contribution is 9.10. The Labute approximate surface area is 137 Å². The van der Waals surface area contributed by atoms with Crippen LogP contribution in [0.3, 0.4) is 0 Å². The van der Waals surface area contributed by atoms with Gasteiger partial charge in [-0.05, 0) is 61.0 Å². The molecule has 1 aliphatic heterocycles. The van der Waals surface area contributed by atoms with Gasteiger partial charge in [-0.15, -0.1) is 11.3 Å². The molecule has 1 amide bonds. The number of amides is 1. The topological polar surface area (TPSA) is 57.6 Å². The summed E-state index contributed by atoms with van der Waals surface area (Å²) < 4.78 is 0.882. The molecule has 1 saturated heterocycles. The molecule has 2 atom stereocenters. The molecule has 1 aliphatic rings. The summed E-state index contributed by atoms with van der Waals surface area (Å²) in [4.78, 5) is 27.0. The highest BCUT2D eigenvalue weighted by Crippen LogP contribution is 2.44. The average molecular weight is 374 g/mol. The molecule has 21 heavy (non-hydrogen) atoms. The Morgan fingerprint density at radius 1 is 1.48 bits per heavy atom. The maximum absolute atomic E-state index is 12.6. The SMILES string of the molecule is CC(C)(C)N1C(=O)CCCC(C(=O)O)C1c1sccc1Br. The van der Waals surface area contributed by atoms with Crippen molar-refractivity contribution in [3.63, 3.8) is 0 Å². The van der Waals surface area contributed by atoms with Gasteiger partial charge in [-0.3, -0.25) is 9.59 Å². The van der Waals surface area contributed by atoms with Crippen LogP contribution in [-0.4, -0.2) is 27.4 Å². The van der Waals surface area contributed by atoms with Crippen LogP contribution in [0.15, 0.2) is 15.9 Å². The average Bonchev–Trinajstić information content (AvgIpc) is 2.67. The molecular formula is C15H20BrNO3S. The number of carbonyl (C=O) groups is 2. The van der Waals surface area contributed by atoms with E-state index in [1.807, 2.05) is 32.2 Å². The van der Waals surface area contributed by atoms with Gasteiger partial charge in [0.2, 0.25) is 5.91 Å². The molecule has 2 heterocycles. The molecular weight excluding hydrogens is 354 g/mol. The van der Waals surface area contributed by atoms with E-state index in [-0.39, 0.29) is 5.91 Å². The number of nitrogens with zero attached hydrogens (tertiary/aromatic N) is 1. The van der Waals surface area contributed by atoms with Crippen LogP contribution in [0.2, 0.25) is 0 Å². The molecule has 116 valence electrons. The zero-order chi connectivity index (χ0) is 15.8. The van der Waals surface area contributed by atoms with Gasteiger partial charge in [0.05, 0.1) is 12.0 Å². The normalized spacial score (nSPS) is 24.0. The number of hydrogen-bond donors (Lipinski definition) is 1. The Morgan fingerprint density at radius 3 is 2.62 bits per heavy atom. The Balaban J connectivity index is 2.58. The number of carboxylic acids is 1. The summed E-state index contributed by atoms with van der Waals surface area (Å²) in [7, 11) is 0. The van der Waals surface area contributed by atoms with Crippen molar-refractivity contribution in [2.45, 2.75) is 51.6 Å². The van der Waals surface area contributed by atoms with Crippen molar-refractivity contribution in [1.82, 2.24) is 4.90 Å². The molecule has 1 aromatic heterocycles. The number of thiophene rings is 1. The third-order valence-electron chi connectivity index (χ3n) is 3.79. The fourth-order valence-corrected chi connectivity index (χ4v) is 4.72. The first-order chi connectivity index (χ1) is 9.73. The van der Waals surface area contributed by atoms with Gasteiger partial charge < -0.3 is 10.0 Å². The number of carbonyl (C=O) groups excluding carboxylic acids is 1. The summed E-state index contributed by atoms with van der Waals surface area (Å²) in [6, 6.07) is 1.50. The molecule has 1 aromatic rings. The summed E-state index contributed by atoms with van der Waals surface area (Å²) in [6.45, 7) is 5.89. The first kappa shape index (κ1) is 16.5. The number of carboxylic acid groups (broad SMARTS) is 1. The van der Waals surface area contributed by atoms with Gasteiger partial charge in [-0.1, -0.05) is 0 Å². The Morgan fingerprint density at radius 2 is 2.14 bits per heavy atom. The van der Waals surface area contributed by atoms with Gasteiger partial charge >= 0.3 is 5.97 Å². The number of aliphatic carboxylic acids is 1. The smallest absolute Gasteiger partial charge is 0.308 e. The van der Waals surface area contributed by atoms with Crippen molar-refractivity contribution in [3.05, 3.63) is 20.8 Å². The first-order valence-electron chi connectivity index (χ1n) is 7.01. The van der Waals surface area contributed by atoms with Crippen LogP contribution in [0.5, 0.6) is 0 Å². The van der Waals surface area contributed by atoms with E-state index < -0.39 is 23.5 Å². The minimum atomic E-state index is -0.829. The minimum Gasteiger partial charge on any atom is -0.481 e. The molecule has 0 saturated carbocycles. The maximum atomic E-state index is 12.6. The highest BCUT2D eigenvalue weighted by Gasteiger charge is 2.44. The van der Waals surface area contributed by atoms with Gasteiger partial charge in [0.15, 0.2) is 0 Å². The predicted octanol–water partition coefficient (Wildman–Crippen LogP) is 4.06. The van der Waals surface area contributed by atoms with Crippen LogP contribution < -0.4 is 0 Å². The Hall–Kier alpha value is -0.880. The second-order valence-electron chi connectivity index (χ2n) is 6.35.